The third-order valence-corrected chi connectivity index (χ3v) is 8.42. The van der Waals surface area contributed by atoms with Crippen LogP contribution in [0.3, 0.4) is 0 Å². The molecule has 3 aliphatic heterocycles. The van der Waals surface area contributed by atoms with Gasteiger partial charge in [-0.2, -0.15) is 0 Å². The number of rotatable bonds is 5. The Morgan fingerprint density at radius 2 is 1.20 bits per heavy atom. The average molecular weight is 666 g/mol. The van der Waals surface area contributed by atoms with Crippen LogP contribution in [-0.2, 0) is 28.8 Å². The molecule has 0 unspecified atom stereocenters. The first-order valence-corrected chi connectivity index (χ1v) is 23.9. The zero-order valence-corrected chi connectivity index (χ0v) is 31.7. The van der Waals surface area contributed by atoms with Gasteiger partial charge in [0.05, 0.1) is 0 Å². The van der Waals surface area contributed by atoms with Crippen molar-refractivity contribution in [3.63, 3.8) is 0 Å². The molecule has 11 heteroatoms. The largest absolute Gasteiger partial charge is 0.356 e. The molecule has 3 heterocycles. The number of nitrogens with one attached hydrogen (secondary N) is 1. The van der Waals surface area contributed by atoms with E-state index in [9.17, 15) is 28.8 Å². The highest BCUT2D eigenvalue weighted by Crippen LogP contribution is 2.16. The first kappa shape index (κ1) is 44.5. The fourth-order valence-electron chi connectivity index (χ4n) is 4.09. The van der Waals surface area contributed by atoms with Gasteiger partial charge in [0.25, 0.3) is 5.91 Å². The van der Waals surface area contributed by atoms with Gasteiger partial charge in [0.1, 0.15) is 0 Å². The molecule has 3 saturated heterocycles. The lowest BCUT2D eigenvalue weighted by Gasteiger charge is -2.21. The van der Waals surface area contributed by atoms with Crippen LogP contribution in [0.1, 0.15) is 90.4 Å². The van der Waals surface area contributed by atoms with Crippen molar-refractivity contribution in [2.24, 2.45) is 0 Å². The second-order valence-electron chi connectivity index (χ2n) is 13.4. The lowest BCUT2D eigenvalue weighted by molar-refractivity contribution is -0.144. The summed E-state index contributed by atoms with van der Waals surface area (Å²) in [6.07, 6.45) is 14.1. The van der Waals surface area contributed by atoms with Gasteiger partial charge in [-0.3, -0.25) is 38.6 Å². The molecular formula is C34H63N3O6Si2. The van der Waals surface area contributed by atoms with E-state index in [4.69, 9.17) is 0 Å². The van der Waals surface area contributed by atoms with Crippen LogP contribution in [0.15, 0.2) is 25.3 Å². The van der Waals surface area contributed by atoms with Crippen molar-refractivity contribution in [2.75, 3.05) is 19.6 Å². The van der Waals surface area contributed by atoms with E-state index >= 15 is 0 Å². The van der Waals surface area contributed by atoms with Gasteiger partial charge in [-0.25, -0.2) is 0 Å². The summed E-state index contributed by atoms with van der Waals surface area (Å²) in [5, 5.41) is 2.81. The molecule has 1 N–H and O–H groups in total. The van der Waals surface area contributed by atoms with Gasteiger partial charge in [0.2, 0.25) is 23.6 Å². The van der Waals surface area contributed by atoms with Crippen molar-refractivity contribution in [1.29, 1.82) is 0 Å². The molecule has 9 nitrogen and oxygen atoms in total. The van der Waals surface area contributed by atoms with Crippen LogP contribution in [0.25, 0.3) is 0 Å². The molecule has 0 radical (unpaired) electrons. The van der Waals surface area contributed by atoms with E-state index in [1.807, 2.05) is 0 Å². The lowest BCUT2D eigenvalue weighted by Crippen LogP contribution is -2.37. The first-order chi connectivity index (χ1) is 21.0. The number of carbonyl (C=O) groups is 6. The number of hydrogen-bond acceptors (Lipinski definition) is 6. The average Bonchev–Trinajstić information content (AvgIpc) is 3.44. The second kappa shape index (κ2) is 26.5. The number of likely N-dealkylation sites (tertiary alicyclic amines) is 2. The molecule has 3 fully saturated rings. The SMILES string of the molecule is C=CC(=O)N1CCCCCC1=O.C=CC(C)=O.C[SiH](C)C.C[Si](C)(C)CCC(=O)N1CCCCCC1=O.O=C1CCCCCN1. The van der Waals surface area contributed by atoms with Gasteiger partial charge in [0, 0.05) is 62.2 Å². The summed E-state index contributed by atoms with van der Waals surface area (Å²) in [5.74, 6) is 0.0131. The van der Waals surface area contributed by atoms with Crippen molar-refractivity contribution >= 4 is 52.2 Å². The van der Waals surface area contributed by atoms with Crippen LogP contribution >= 0.6 is 0 Å². The molecule has 0 aliphatic carbocycles. The van der Waals surface area contributed by atoms with E-state index in [1.165, 1.54) is 35.3 Å². The van der Waals surface area contributed by atoms with Gasteiger partial charge in [-0.1, -0.05) is 71.7 Å². The smallest absolute Gasteiger partial charge is 0.252 e. The molecule has 258 valence electrons. The quantitative estimate of drug-likeness (QED) is 0.272. The topological polar surface area (TPSA) is 121 Å². The maximum atomic E-state index is 11.9. The van der Waals surface area contributed by atoms with E-state index < -0.39 is 8.07 Å². The number of nitrogens with zero attached hydrogens (tertiary/aromatic N) is 2. The van der Waals surface area contributed by atoms with Gasteiger partial charge in [0.15, 0.2) is 5.78 Å². The van der Waals surface area contributed by atoms with E-state index in [1.54, 1.807) is 0 Å². The minimum Gasteiger partial charge on any atom is -0.356 e. The van der Waals surface area contributed by atoms with Crippen LogP contribution in [0, 0.1) is 0 Å². The van der Waals surface area contributed by atoms with Gasteiger partial charge in [-0.15, -0.1) is 0 Å². The molecule has 0 aromatic rings. The summed E-state index contributed by atoms with van der Waals surface area (Å²) >= 11 is 0. The van der Waals surface area contributed by atoms with Crippen LogP contribution in [-0.4, -0.2) is 81.6 Å². The van der Waals surface area contributed by atoms with Crippen LogP contribution in [0.4, 0.5) is 0 Å². The van der Waals surface area contributed by atoms with E-state index in [0.29, 0.717) is 32.4 Å². The number of amides is 5. The van der Waals surface area contributed by atoms with Crippen LogP contribution in [0.2, 0.25) is 45.3 Å². The Morgan fingerprint density at radius 3 is 1.67 bits per heavy atom. The van der Waals surface area contributed by atoms with Crippen LogP contribution < -0.4 is 5.32 Å². The van der Waals surface area contributed by atoms with Crippen molar-refractivity contribution < 1.29 is 28.8 Å². The Bertz CT molecular complexity index is 934. The molecule has 45 heavy (non-hydrogen) atoms. The standard InChI is InChI=1S/C12H23NO2Si.C9H13NO2.C6H11NO.C4H6O.C3H10Si/c1-16(2,3)10-8-12(15)13-9-6-4-5-7-11(13)14;1-2-8(11)10-7-5-3-4-6-9(10)12;8-6-4-2-1-3-5-7-6;1-3-4(2)5;1-4(2)3/h4-10H2,1-3H3;2H,1,3-7H2;1-5H2,(H,7,8);3H,1H2,2H3;4H,1-3H3. The highest BCUT2D eigenvalue weighted by molar-refractivity contribution is 6.76. The number of ketones is 1. The number of allylic oxidation sites excluding steroid dienone is 1. The van der Waals surface area contributed by atoms with Gasteiger partial charge >= 0.3 is 0 Å². The third kappa shape index (κ3) is 27.4. The highest BCUT2D eigenvalue weighted by atomic mass is 28.3. The number of imide groups is 2. The first-order valence-electron chi connectivity index (χ1n) is 16.7. The fourth-order valence-corrected chi connectivity index (χ4v) is 5.06. The molecule has 3 aliphatic rings. The Labute approximate surface area is 276 Å². The monoisotopic (exact) mass is 665 g/mol. The Kier molecular flexibility index (Phi) is 26.2. The zero-order valence-electron chi connectivity index (χ0n) is 29.5. The molecule has 0 atom stereocenters. The molecule has 5 amide bonds. The molecule has 0 bridgehead atoms. The van der Waals surface area contributed by atoms with E-state index in [-0.39, 0.29) is 44.1 Å². The molecule has 0 aromatic heterocycles. The van der Waals surface area contributed by atoms with Gasteiger partial charge in [-0.05, 0) is 63.6 Å². The third-order valence-electron chi connectivity index (χ3n) is 6.67. The number of carbonyl (C=O) groups excluding carboxylic acids is 6. The summed E-state index contributed by atoms with van der Waals surface area (Å²) in [6.45, 7) is 23.8. The molecule has 3 rings (SSSR count). The zero-order chi connectivity index (χ0) is 34.8. The molecule has 0 aromatic carbocycles. The van der Waals surface area contributed by atoms with E-state index in [0.717, 1.165) is 70.4 Å². The molecule has 0 saturated carbocycles. The lowest BCUT2D eigenvalue weighted by atomic mass is 10.2. The second-order valence-corrected chi connectivity index (χ2v) is 22.5. The summed E-state index contributed by atoms with van der Waals surface area (Å²) in [4.78, 5) is 69.1. The Balaban J connectivity index is 0. The van der Waals surface area contributed by atoms with Gasteiger partial charge < -0.3 is 5.32 Å². The predicted octanol–water partition coefficient (Wildman–Crippen LogP) is 6.29. The molecule has 0 spiro atoms. The normalized spacial score (nSPS) is 16.9. The number of hydrogen-bond donors (Lipinski definition) is 1. The maximum absolute atomic E-state index is 11.9. The van der Waals surface area contributed by atoms with Crippen molar-refractivity contribution in [1.82, 2.24) is 15.1 Å². The fraction of sp³-hybridized carbons (Fsp3) is 0.706. The maximum Gasteiger partial charge on any atom is 0.252 e. The molecular weight excluding hydrogens is 603 g/mol. The predicted molar refractivity (Wildman–Crippen MR) is 190 cm³/mol. The minimum atomic E-state index is -1.18. The summed E-state index contributed by atoms with van der Waals surface area (Å²) in [6, 6.07) is 0.982. The van der Waals surface area contributed by atoms with Crippen molar-refractivity contribution in [3.05, 3.63) is 25.3 Å². The Morgan fingerprint density at radius 1 is 0.756 bits per heavy atom. The highest BCUT2D eigenvalue weighted by Gasteiger charge is 2.24. The Hall–Kier alpha value is -2.67. The summed E-state index contributed by atoms with van der Waals surface area (Å²) in [7, 11) is -1.32. The van der Waals surface area contributed by atoms with Crippen LogP contribution in [0.5, 0.6) is 0 Å². The summed E-state index contributed by atoms with van der Waals surface area (Å²) in [5.41, 5.74) is 0. The van der Waals surface area contributed by atoms with Crippen molar-refractivity contribution in [3.8, 4) is 0 Å². The van der Waals surface area contributed by atoms with Crippen molar-refractivity contribution in [2.45, 2.75) is 136 Å². The minimum absolute atomic E-state index is 0.0185. The van der Waals surface area contributed by atoms with E-state index in [2.05, 4.69) is 57.8 Å². The summed E-state index contributed by atoms with van der Waals surface area (Å²) < 4.78 is 0.